The summed E-state index contributed by atoms with van der Waals surface area (Å²) in [5, 5.41) is -0.480. The topological polar surface area (TPSA) is 44.8 Å². The first kappa shape index (κ1) is 15.2. The zero-order valence-electron chi connectivity index (χ0n) is 12.0. The molecule has 2 aromatic rings. The molecular weight excluding hydrogens is 292 g/mol. The van der Waals surface area contributed by atoms with Gasteiger partial charge < -0.3 is 14.2 Å². The summed E-state index contributed by atoms with van der Waals surface area (Å²) < 4.78 is 15.9. The van der Waals surface area contributed by atoms with Crippen molar-refractivity contribution in [2.24, 2.45) is 0 Å². The molecule has 0 aromatic heterocycles. The molecule has 0 aliphatic rings. The summed E-state index contributed by atoms with van der Waals surface area (Å²) in [6.07, 6.45) is 0. The molecule has 0 N–H and O–H groups in total. The largest absolute Gasteiger partial charge is 0.493 e. The van der Waals surface area contributed by atoms with Crippen molar-refractivity contribution in [3.05, 3.63) is 42.0 Å². The lowest BCUT2D eigenvalue weighted by Crippen LogP contribution is -1.96. The predicted molar refractivity (Wildman–Crippen MR) is 81.7 cm³/mol. The van der Waals surface area contributed by atoms with Gasteiger partial charge in [0.05, 0.1) is 21.3 Å². The third-order valence-electron chi connectivity index (χ3n) is 3.11. The minimum Gasteiger partial charge on any atom is -0.493 e. The predicted octanol–water partition coefficient (Wildman–Crippen LogP) is 3.76. The summed E-state index contributed by atoms with van der Waals surface area (Å²) in [7, 11) is 4.69. The zero-order valence-corrected chi connectivity index (χ0v) is 12.7. The van der Waals surface area contributed by atoms with Gasteiger partial charge in [0.1, 0.15) is 0 Å². The smallest absolute Gasteiger partial charge is 0.252 e. The first-order valence-corrected chi connectivity index (χ1v) is 6.58. The van der Waals surface area contributed by atoms with Crippen molar-refractivity contribution >= 4 is 16.8 Å². The van der Waals surface area contributed by atoms with Crippen molar-refractivity contribution in [3.8, 4) is 28.4 Å². The molecule has 0 bridgehead atoms. The van der Waals surface area contributed by atoms with Crippen LogP contribution in [-0.2, 0) is 0 Å². The molecule has 110 valence electrons. The SMILES string of the molecule is COc1cc(-c2ccc(C(=O)Cl)cc2)cc(OC)c1OC. The van der Waals surface area contributed by atoms with E-state index in [0.29, 0.717) is 22.8 Å². The molecular formula is C16H15ClO4. The van der Waals surface area contributed by atoms with E-state index in [1.54, 1.807) is 33.5 Å². The van der Waals surface area contributed by atoms with Crippen LogP contribution in [0.4, 0.5) is 0 Å². The minimum absolute atomic E-state index is 0.452. The van der Waals surface area contributed by atoms with Crippen molar-refractivity contribution in [1.29, 1.82) is 0 Å². The minimum atomic E-state index is -0.480. The Kier molecular flexibility index (Phi) is 4.70. The van der Waals surface area contributed by atoms with E-state index in [1.807, 2.05) is 24.3 Å². The highest BCUT2D eigenvalue weighted by Gasteiger charge is 2.14. The summed E-state index contributed by atoms with van der Waals surface area (Å²) >= 11 is 5.44. The molecule has 0 spiro atoms. The molecule has 0 fully saturated rings. The van der Waals surface area contributed by atoms with E-state index in [2.05, 4.69) is 0 Å². The lowest BCUT2D eigenvalue weighted by atomic mass is 10.0. The van der Waals surface area contributed by atoms with Crippen LogP contribution in [0.2, 0.25) is 0 Å². The molecule has 0 aliphatic heterocycles. The normalized spacial score (nSPS) is 10.1. The molecule has 5 heteroatoms. The van der Waals surface area contributed by atoms with Crippen LogP contribution in [0.15, 0.2) is 36.4 Å². The number of halogens is 1. The zero-order chi connectivity index (χ0) is 15.4. The van der Waals surface area contributed by atoms with Crippen molar-refractivity contribution < 1.29 is 19.0 Å². The molecule has 0 radical (unpaired) electrons. The van der Waals surface area contributed by atoms with E-state index in [1.165, 1.54) is 0 Å². The van der Waals surface area contributed by atoms with Crippen LogP contribution in [0.5, 0.6) is 17.2 Å². The fourth-order valence-electron chi connectivity index (χ4n) is 2.04. The Balaban J connectivity index is 2.50. The quantitative estimate of drug-likeness (QED) is 0.789. The summed E-state index contributed by atoms with van der Waals surface area (Å²) in [4.78, 5) is 11.1. The van der Waals surface area contributed by atoms with E-state index >= 15 is 0 Å². The Morgan fingerprint density at radius 3 is 1.76 bits per heavy atom. The monoisotopic (exact) mass is 306 g/mol. The second kappa shape index (κ2) is 6.50. The highest BCUT2D eigenvalue weighted by Crippen LogP contribution is 2.41. The Hall–Kier alpha value is -2.20. The number of hydrogen-bond donors (Lipinski definition) is 0. The van der Waals surface area contributed by atoms with Gasteiger partial charge in [0.15, 0.2) is 11.5 Å². The number of methoxy groups -OCH3 is 3. The van der Waals surface area contributed by atoms with E-state index in [-0.39, 0.29) is 0 Å². The highest BCUT2D eigenvalue weighted by atomic mass is 35.5. The van der Waals surface area contributed by atoms with E-state index in [0.717, 1.165) is 11.1 Å². The van der Waals surface area contributed by atoms with Gasteiger partial charge in [0.25, 0.3) is 5.24 Å². The van der Waals surface area contributed by atoms with Gasteiger partial charge >= 0.3 is 0 Å². The number of ether oxygens (including phenoxy) is 3. The molecule has 0 amide bonds. The van der Waals surface area contributed by atoms with Crippen LogP contribution in [0.25, 0.3) is 11.1 Å². The molecule has 2 rings (SSSR count). The fourth-order valence-corrected chi connectivity index (χ4v) is 2.17. The lowest BCUT2D eigenvalue weighted by Gasteiger charge is -2.14. The van der Waals surface area contributed by atoms with E-state index in [9.17, 15) is 4.79 Å². The van der Waals surface area contributed by atoms with Crippen molar-refractivity contribution in [2.45, 2.75) is 0 Å². The second-order valence-corrected chi connectivity index (χ2v) is 4.61. The molecule has 0 heterocycles. The van der Waals surface area contributed by atoms with E-state index in [4.69, 9.17) is 25.8 Å². The van der Waals surface area contributed by atoms with Gasteiger partial charge in [0.2, 0.25) is 5.75 Å². The summed E-state index contributed by atoms with van der Waals surface area (Å²) in [5.41, 5.74) is 2.25. The van der Waals surface area contributed by atoms with E-state index < -0.39 is 5.24 Å². The van der Waals surface area contributed by atoms with Crippen LogP contribution < -0.4 is 14.2 Å². The van der Waals surface area contributed by atoms with Gasteiger partial charge in [0, 0.05) is 5.56 Å². The molecule has 0 unspecified atom stereocenters. The third kappa shape index (κ3) is 3.11. The lowest BCUT2D eigenvalue weighted by molar-refractivity contribution is 0.108. The Morgan fingerprint density at radius 2 is 1.38 bits per heavy atom. The van der Waals surface area contributed by atoms with Crippen LogP contribution in [0, 0.1) is 0 Å². The second-order valence-electron chi connectivity index (χ2n) is 4.27. The summed E-state index contributed by atoms with van der Waals surface area (Å²) in [6.45, 7) is 0. The van der Waals surface area contributed by atoms with Crippen molar-refractivity contribution in [3.63, 3.8) is 0 Å². The van der Waals surface area contributed by atoms with Crippen LogP contribution in [0.3, 0.4) is 0 Å². The first-order chi connectivity index (χ1) is 10.1. The summed E-state index contributed by atoms with van der Waals surface area (Å²) in [5.74, 6) is 1.69. The standard InChI is InChI=1S/C16H15ClO4/c1-19-13-8-12(9-14(20-2)15(13)21-3)10-4-6-11(7-5-10)16(17)18/h4-9H,1-3H3. The van der Waals surface area contributed by atoms with Crippen LogP contribution >= 0.6 is 11.6 Å². The van der Waals surface area contributed by atoms with Crippen molar-refractivity contribution in [1.82, 2.24) is 0 Å². The molecule has 21 heavy (non-hydrogen) atoms. The maximum absolute atomic E-state index is 11.1. The van der Waals surface area contributed by atoms with Crippen LogP contribution in [0.1, 0.15) is 10.4 Å². The average molecular weight is 307 g/mol. The van der Waals surface area contributed by atoms with Crippen LogP contribution in [-0.4, -0.2) is 26.6 Å². The maximum atomic E-state index is 11.1. The maximum Gasteiger partial charge on any atom is 0.252 e. The molecule has 2 aromatic carbocycles. The molecule has 0 aliphatic carbocycles. The first-order valence-electron chi connectivity index (χ1n) is 6.21. The Bertz CT molecular complexity index is 625. The fraction of sp³-hybridized carbons (Fsp3) is 0.188. The van der Waals surface area contributed by atoms with Gasteiger partial charge in [-0.3, -0.25) is 4.79 Å². The molecule has 0 saturated heterocycles. The Labute approximate surface area is 128 Å². The molecule has 0 saturated carbocycles. The average Bonchev–Trinajstić information content (AvgIpc) is 2.53. The number of hydrogen-bond acceptors (Lipinski definition) is 4. The van der Waals surface area contributed by atoms with Gasteiger partial charge in [-0.2, -0.15) is 0 Å². The summed E-state index contributed by atoms with van der Waals surface area (Å²) in [6, 6.07) is 10.7. The number of rotatable bonds is 5. The van der Waals surface area contributed by atoms with Gasteiger partial charge in [-0.05, 0) is 47.0 Å². The number of benzene rings is 2. The highest BCUT2D eigenvalue weighted by molar-refractivity contribution is 6.67. The van der Waals surface area contributed by atoms with Gasteiger partial charge in [-0.25, -0.2) is 0 Å². The Morgan fingerprint density at radius 1 is 0.857 bits per heavy atom. The molecule has 4 nitrogen and oxygen atoms in total. The van der Waals surface area contributed by atoms with Gasteiger partial charge in [-0.1, -0.05) is 12.1 Å². The number of carbonyl (C=O) groups excluding carboxylic acids is 1. The number of carbonyl (C=O) groups is 1. The molecule has 0 atom stereocenters. The third-order valence-corrected chi connectivity index (χ3v) is 3.33. The van der Waals surface area contributed by atoms with Crippen molar-refractivity contribution in [2.75, 3.05) is 21.3 Å². The van der Waals surface area contributed by atoms with Gasteiger partial charge in [-0.15, -0.1) is 0 Å².